The van der Waals surface area contributed by atoms with Gasteiger partial charge >= 0.3 is 0 Å². The van der Waals surface area contributed by atoms with E-state index < -0.39 is 0 Å². The summed E-state index contributed by atoms with van der Waals surface area (Å²) in [6.07, 6.45) is 2.23. The number of ether oxygens (including phenoxy) is 1. The van der Waals surface area contributed by atoms with Gasteiger partial charge in [0.1, 0.15) is 5.75 Å². The summed E-state index contributed by atoms with van der Waals surface area (Å²) in [7, 11) is 1.74. The Labute approximate surface area is 133 Å². The van der Waals surface area contributed by atoms with Gasteiger partial charge in [0.15, 0.2) is 0 Å². The molecule has 2 aromatic carbocycles. The highest BCUT2D eigenvalue weighted by Crippen LogP contribution is 2.38. The smallest absolute Gasteiger partial charge is 0.119 e. The molecule has 1 aliphatic rings. The van der Waals surface area contributed by atoms with Crippen LogP contribution in [0.5, 0.6) is 5.75 Å². The van der Waals surface area contributed by atoms with Gasteiger partial charge in [-0.15, -0.1) is 0 Å². The Morgan fingerprint density at radius 1 is 1.14 bits per heavy atom. The first-order chi connectivity index (χ1) is 10.6. The molecule has 1 aliphatic heterocycles. The fourth-order valence-electron chi connectivity index (χ4n) is 3.35. The third-order valence-electron chi connectivity index (χ3n) is 4.72. The number of aryl methyl sites for hydroxylation is 1. The van der Waals surface area contributed by atoms with E-state index in [1.54, 1.807) is 7.11 Å². The molecular weight excluding hydrogens is 270 g/mol. The third kappa shape index (κ3) is 3.02. The number of rotatable bonds is 4. The van der Waals surface area contributed by atoms with Gasteiger partial charge in [-0.25, -0.2) is 0 Å². The van der Waals surface area contributed by atoms with E-state index in [0.717, 1.165) is 25.1 Å². The number of methoxy groups -OCH3 is 1. The van der Waals surface area contributed by atoms with E-state index in [9.17, 15) is 0 Å². The number of hydrogen-bond acceptors (Lipinski definition) is 2. The molecular formula is C20H25NO. The maximum Gasteiger partial charge on any atom is 0.119 e. The van der Waals surface area contributed by atoms with Gasteiger partial charge in [-0.3, -0.25) is 0 Å². The van der Waals surface area contributed by atoms with Crippen LogP contribution in [0.2, 0.25) is 0 Å². The van der Waals surface area contributed by atoms with Gasteiger partial charge in [-0.05, 0) is 41.7 Å². The molecule has 2 heteroatoms. The Kier molecular flexibility index (Phi) is 4.21. The zero-order valence-electron chi connectivity index (χ0n) is 13.7. The molecule has 1 N–H and O–H groups in total. The lowest BCUT2D eigenvalue weighted by molar-refractivity contribution is 0.363. The Morgan fingerprint density at radius 3 is 2.64 bits per heavy atom. The van der Waals surface area contributed by atoms with E-state index >= 15 is 0 Å². The summed E-state index contributed by atoms with van der Waals surface area (Å²) in [6, 6.07) is 17.7. The van der Waals surface area contributed by atoms with E-state index in [1.165, 1.54) is 16.7 Å². The number of nitrogens with one attached hydrogen (secondary N) is 1. The SMILES string of the molecule is COc1ccc2c(c1)C(C)(C)CNC2CCc1ccccc1. The number of hydrogen-bond donors (Lipinski definition) is 1. The highest BCUT2D eigenvalue weighted by molar-refractivity contribution is 5.43. The van der Waals surface area contributed by atoms with Gasteiger partial charge in [-0.1, -0.05) is 50.2 Å². The first kappa shape index (κ1) is 15.1. The largest absolute Gasteiger partial charge is 0.497 e. The Bertz CT molecular complexity index is 633. The van der Waals surface area contributed by atoms with Gasteiger partial charge in [0.05, 0.1) is 7.11 Å². The van der Waals surface area contributed by atoms with Crippen LogP contribution in [0.4, 0.5) is 0 Å². The van der Waals surface area contributed by atoms with E-state index in [0.29, 0.717) is 6.04 Å². The molecule has 0 bridgehead atoms. The van der Waals surface area contributed by atoms with Crippen molar-refractivity contribution >= 4 is 0 Å². The fourth-order valence-corrected chi connectivity index (χ4v) is 3.35. The first-order valence-electron chi connectivity index (χ1n) is 8.06. The van der Waals surface area contributed by atoms with Crippen molar-refractivity contribution in [3.8, 4) is 5.75 Å². The summed E-state index contributed by atoms with van der Waals surface area (Å²) < 4.78 is 5.42. The highest BCUT2D eigenvalue weighted by Gasteiger charge is 2.32. The maximum atomic E-state index is 5.42. The number of fused-ring (bicyclic) bond motifs is 1. The second-order valence-corrected chi connectivity index (χ2v) is 6.79. The van der Waals surface area contributed by atoms with Crippen molar-refractivity contribution in [2.45, 2.75) is 38.1 Å². The summed E-state index contributed by atoms with van der Waals surface area (Å²) in [5, 5.41) is 3.73. The van der Waals surface area contributed by atoms with Crippen molar-refractivity contribution in [3.05, 3.63) is 65.2 Å². The van der Waals surface area contributed by atoms with Crippen LogP contribution in [0.1, 0.15) is 43.0 Å². The molecule has 2 aromatic rings. The van der Waals surface area contributed by atoms with Crippen molar-refractivity contribution in [2.24, 2.45) is 0 Å². The molecule has 0 aromatic heterocycles. The predicted molar refractivity (Wildman–Crippen MR) is 91.5 cm³/mol. The zero-order chi connectivity index (χ0) is 15.6. The van der Waals surface area contributed by atoms with Gasteiger partial charge in [0.25, 0.3) is 0 Å². The van der Waals surface area contributed by atoms with Crippen LogP contribution in [0.25, 0.3) is 0 Å². The summed E-state index contributed by atoms with van der Waals surface area (Å²) in [5.74, 6) is 0.954. The minimum absolute atomic E-state index is 0.146. The van der Waals surface area contributed by atoms with E-state index in [2.05, 4.69) is 67.7 Å². The van der Waals surface area contributed by atoms with Crippen LogP contribution in [-0.2, 0) is 11.8 Å². The van der Waals surface area contributed by atoms with Crippen LogP contribution in [0, 0.1) is 0 Å². The topological polar surface area (TPSA) is 21.3 Å². The van der Waals surface area contributed by atoms with Crippen LogP contribution in [0.15, 0.2) is 48.5 Å². The molecule has 0 fully saturated rings. The van der Waals surface area contributed by atoms with Crippen molar-refractivity contribution in [3.63, 3.8) is 0 Å². The molecule has 0 spiro atoms. The summed E-state index contributed by atoms with van der Waals surface area (Å²) in [4.78, 5) is 0. The molecule has 0 amide bonds. The fraction of sp³-hybridized carbons (Fsp3) is 0.400. The lowest BCUT2D eigenvalue weighted by Gasteiger charge is -2.38. The second kappa shape index (κ2) is 6.13. The van der Waals surface area contributed by atoms with Crippen molar-refractivity contribution < 1.29 is 4.74 Å². The minimum Gasteiger partial charge on any atom is -0.497 e. The number of benzene rings is 2. The Morgan fingerprint density at radius 2 is 1.91 bits per heavy atom. The average molecular weight is 295 g/mol. The van der Waals surface area contributed by atoms with Crippen molar-refractivity contribution in [1.82, 2.24) is 5.32 Å². The van der Waals surface area contributed by atoms with E-state index in [4.69, 9.17) is 4.74 Å². The van der Waals surface area contributed by atoms with Crippen molar-refractivity contribution in [2.75, 3.05) is 13.7 Å². The predicted octanol–water partition coefficient (Wildman–Crippen LogP) is 4.25. The molecule has 0 aliphatic carbocycles. The van der Waals surface area contributed by atoms with Crippen LogP contribution in [-0.4, -0.2) is 13.7 Å². The lowest BCUT2D eigenvalue weighted by atomic mass is 9.76. The van der Waals surface area contributed by atoms with Gasteiger partial charge in [0, 0.05) is 18.0 Å². The molecule has 1 atom stereocenters. The standard InChI is InChI=1S/C20H25NO/c1-20(2)14-21-19(12-9-15-7-5-4-6-8-15)17-11-10-16(22-3)13-18(17)20/h4-8,10-11,13,19,21H,9,12,14H2,1-3H3. The Balaban J connectivity index is 1.83. The molecule has 3 rings (SSSR count). The zero-order valence-corrected chi connectivity index (χ0v) is 13.7. The lowest BCUT2D eigenvalue weighted by Crippen LogP contribution is -2.41. The van der Waals surface area contributed by atoms with E-state index in [1.807, 2.05) is 0 Å². The molecule has 1 heterocycles. The molecule has 1 unspecified atom stereocenters. The third-order valence-corrected chi connectivity index (χ3v) is 4.72. The highest BCUT2D eigenvalue weighted by atomic mass is 16.5. The molecule has 116 valence electrons. The van der Waals surface area contributed by atoms with Gasteiger partial charge < -0.3 is 10.1 Å². The molecule has 0 saturated heterocycles. The molecule has 0 radical (unpaired) electrons. The summed E-state index contributed by atoms with van der Waals surface area (Å²) in [6.45, 7) is 5.60. The van der Waals surface area contributed by atoms with Crippen molar-refractivity contribution in [1.29, 1.82) is 0 Å². The maximum absolute atomic E-state index is 5.42. The van der Waals surface area contributed by atoms with Crippen LogP contribution < -0.4 is 10.1 Å². The second-order valence-electron chi connectivity index (χ2n) is 6.79. The molecule has 0 saturated carbocycles. The van der Waals surface area contributed by atoms with Crippen LogP contribution in [0.3, 0.4) is 0 Å². The molecule has 22 heavy (non-hydrogen) atoms. The van der Waals surface area contributed by atoms with Gasteiger partial charge in [-0.2, -0.15) is 0 Å². The summed E-state index contributed by atoms with van der Waals surface area (Å²) >= 11 is 0. The monoisotopic (exact) mass is 295 g/mol. The Hall–Kier alpha value is -1.80. The van der Waals surface area contributed by atoms with Crippen LogP contribution >= 0.6 is 0 Å². The first-order valence-corrected chi connectivity index (χ1v) is 8.06. The normalized spacial score (nSPS) is 19.5. The summed E-state index contributed by atoms with van der Waals surface area (Å²) in [5.41, 5.74) is 4.40. The van der Waals surface area contributed by atoms with Gasteiger partial charge in [0.2, 0.25) is 0 Å². The minimum atomic E-state index is 0.146. The molecule has 2 nitrogen and oxygen atoms in total. The van der Waals surface area contributed by atoms with E-state index in [-0.39, 0.29) is 5.41 Å². The average Bonchev–Trinajstić information content (AvgIpc) is 2.55. The quantitative estimate of drug-likeness (QED) is 0.910.